The lowest BCUT2D eigenvalue weighted by Gasteiger charge is -2.36. The number of amides is 2. The molecule has 3 aromatic rings. The summed E-state index contributed by atoms with van der Waals surface area (Å²) in [5.74, 6) is 0.322. The van der Waals surface area contributed by atoms with Crippen molar-refractivity contribution < 1.29 is 18.0 Å². The molecule has 3 aliphatic rings. The van der Waals surface area contributed by atoms with Crippen LogP contribution < -0.4 is 5.32 Å². The summed E-state index contributed by atoms with van der Waals surface area (Å²) >= 11 is 0. The standard InChI is InChI=1S/C35H42N4O4S/c1-26-4-7-30(35(41)39-18-14-32(15-19-39)38-16-2-3-17-38)24-33(26)28-8-10-29(11-9-28)34(40)36-31-12-5-27(6-13-31)25-37-20-22-44(42,43)23-21-37/h4-13,24,32H,2-3,14-23,25H2,1H3,(H,36,40). The summed E-state index contributed by atoms with van der Waals surface area (Å²) in [5, 5.41) is 2.97. The maximum absolute atomic E-state index is 13.4. The Morgan fingerprint density at radius 1 is 0.795 bits per heavy atom. The van der Waals surface area contributed by atoms with Crippen LogP contribution in [0.3, 0.4) is 0 Å². The fourth-order valence-electron chi connectivity index (χ4n) is 6.65. The van der Waals surface area contributed by atoms with Crippen LogP contribution in [0.15, 0.2) is 66.7 Å². The monoisotopic (exact) mass is 614 g/mol. The quantitative estimate of drug-likeness (QED) is 0.410. The van der Waals surface area contributed by atoms with E-state index in [-0.39, 0.29) is 23.3 Å². The van der Waals surface area contributed by atoms with Gasteiger partial charge in [-0.15, -0.1) is 0 Å². The molecule has 0 radical (unpaired) electrons. The summed E-state index contributed by atoms with van der Waals surface area (Å²) in [7, 11) is -2.89. The molecule has 9 heteroatoms. The average Bonchev–Trinajstić information content (AvgIpc) is 3.58. The van der Waals surface area contributed by atoms with Gasteiger partial charge in [-0.2, -0.15) is 0 Å². The van der Waals surface area contributed by atoms with Crippen molar-refractivity contribution in [2.24, 2.45) is 0 Å². The van der Waals surface area contributed by atoms with Gasteiger partial charge in [0.05, 0.1) is 11.5 Å². The molecule has 8 nitrogen and oxygen atoms in total. The Hall–Kier alpha value is -3.53. The second kappa shape index (κ2) is 13.2. The lowest BCUT2D eigenvalue weighted by atomic mass is 9.96. The van der Waals surface area contributed by atoms with E-state index in [0.29, 0.717) is 42.5 Å². The fourth-order valence-corrected chi connectivity index (χ4v) is 7.93. The van der Waals surface area contributed by atoms with Gasteiger partial charge in [-0.1, -0.05) is 30.3 Å². The highest BCUT2D eigenvalue weighted by Gasteiger charge is 2.29. The number of hydrogen-bond donors (Lipinski definition) is 1. The topological polar surface area (TPSA) is 90.0 Å². The first-order valence-corrected chi connectivity index (χ1v) is 17.6. The van der Waals surface area contributed by atoms with Crippen molar-refractivity contribution >= 4 is 27.3 Å². The van der Waals surface area contributed by atoms with E-state index in [4.69, 9.17) is 0 Å². The van der Waals surface area contributed by atoms with Crippen molar-refractivity contribution in [1.82, 2.24) is 14.7 Å². The van der Waals surface area contributed by atoms with E-state index < -0.39 is 9.84 Å². The molecule has 0 saturated carbocycles. The van der Waals surface area contributed by atoms with Crippen LogP contribution in [-0.4, -0.2) is 91.7 Å². The number of rotatable bonds is 7. The molecule has 3 aromatic carbocycles. The molecule has 0 unspecified atom stereocenters. The number of carbonyl (C=O) groups is 2. The van der Waals surface area contributed by atoms with E-state index in [1.54, 1.807) is 0 Å². The molecule has 232 valence electrons. The molecule has 3 aliphatic heterocycles. The van der Waals surface area contributed by atoms with Crippen LogP contribution in [0, 0.1) is 6.92 Å². The number of sulfone groups is 1. The summed E-state index contributed by atoms with van der Waals surface area (Å²) < 4.78 is 23.3. The molecule has 3 heterocycles. The minimum absolute atomic E-state index is 0.0945. The molecule has 0 atom stereocenters. The third-order valence-corrected chi connectivity index (χ3v) is 11.0. The number of carbonyl (C=O) groups excluding carboxylic acids is 2. The highest BCUT2D eigenvalue weighted by Crippen LogP contribution is 2.28. The van der Waals surface area contributed by atoms with Crippen molar-refractivity contribution in [2.75, 3.05) is 56.1 Å². The molecule has 3 saturated heterocycles. The van der Waals surface area contributed by atoms with Gasteiger partial charge in [-0.05, 0) is 104 Å². The van der Waals surface area contributed by atoms with E-state index >= 15 is 0 Å². The first-order chi connectivity index (χ1) is 21.2. The Kier molecular flexibility index (Phi) is 9.16. The summed E-state index contributed by atoms with van der Waals surface area (Å²) in [4.78, 5) is 33.1. The maximum Gasteiger partial charge on any atom is 0.255 e. The normalized spacial score (nSPS) is 19.6. The third kappa shape index (κ3) is 7.22. The second-order valence-corrected chi connectivity index (χ2v) is 14.8. The summed E-state index contributed by atoms with van der Waals surface area (Å²) in [6.45, 7) is 7.85. The minimum Gasteiger partial charge on any atom is -0.339 e. The number of hydrogen-bond acceptors (Lipinski definition) is 6. The molecular weight excluding hydrogens is 572 g/mol. The molecular formula is C35H42N4O4S. The molecule has 0 bridgehead atoms. The Labute approximate surface area is 261 Å². The number of benzene rings is 3. The second-order valence-electron chi connectivity index (χ2n) is 12.5. The number of aryl methyl sites for hydroxylation is 1. The Bertz CT molecular complexity index is 1580. The van der Waals surface area contributed by atoms with Gasteiger partial charge in [0.1, 0.15) is 0 Å². The van der Waals surface area contributed by atoms with Crippen LogP contribution in [0.5, 0.6) is 0 Å². The van der Waals surface area contributed by atoms with Crippen LogP contribution in [0.4, 0.5) is 5.69 Å². The van der Waals surface area contributed by atoms with Crippen molar-refractivity contribution in [3.05, 3.63) is 89.0 Å². The van der Waals surface area contributed by atoms with Crippen molar-refractivity contribution in [3.63, 3.8) is 0 Å². The van der Waals surface area contributed by atoms with Gasteiger partial charge in [0.15, 0.2) is 9.84 Å². The molecule has 1 N–H and O–H groups in total. The average molecular weight is 615 g/mol. The van der Waals surface area contributed by atoms with Crippen molar-refractivity contribution in [3.8, 4) is 11.1 Å². The van der Waals surface area contributed by atoms with E-state index in [2.05, 4.69) is 15.1 Å². The van der Waals surface area contributed by atoms with Crippen molar-refractivity contribution in [2.45, 2.75) is 45.2 Å². The Morgan fingerprint density at radius 2 is 1.43 bits per heavy atom. The third-order valence-electron chi connectivity index (χ3n) is 9.41. The zero-order chi connectivity index (χ0) is 30.7. The predicted molar refractivity (Wildman–Crippen MR) is 175 cm³/mol. The fraction of sp³-hybridized carbons (Fsp3) is 0.429. The zero-order valence-electron chi connectivity index (χ0n) is 25.5. The van der Waals surface area contributed by atoms with Crippen LogP contribution in [0.25, 0.3) is 11.1 Å². The summed E-state index contributed by atoms with van der Waals surface area (Å²) in [5.41, 5.74) is 6.09. The smallest absolute Gasteiger partial charge is 0.255 e. The molecule has 3 fully saturated rings. The maximum atomic E-state index is 13.4. The van der Waals surface area contributed by atoms with Gasteiger partial charge in [-0.25, -0.2) is 8.42 Å². The highest BCUT2D eigenvalue weighted by molar-refractivity contribution is 7.91. The Balaban J connectivity index is 1.05. The van der Waals surface area contributed by atoms with Gasteiger partial charge in [0, 0.05) is 55.6 Å². The summed E-state index contributed by atoms with van der Waals surface area (Å²) in [6.07, 6.45) is 4.68. The number of nitrogens with zero attached hydrogens (tertiary/aromatic N) is 3. The molecule has 2 amide bonds. The number of nitrogens with one attached hydrogen (secondary N) is 1. The number of piperidine rings is 1. The SMILES string of the molecule is Cc1ccc(C(=O)N2CCC(N3CCCC3)CC2)cc1-c1ccc(C(=O)Nc2ccc(CN3CCS(=O)(=O)CC3)cc2)cc1. The van der Waals surface area contributed by atoms with E-state index in [1.807, 2.05) is 78.6 Å². The van der Waals surface area contributed by atoms with Gasteiger partial charge in [0.25, 0.3) is 11.8 Å². The molecule has 44 heavy (non-hydrogen) atoms. The first kappa shape index (κ1) is 30.5. The van der Waals surface area contributed by atoms with E-state index in [9.17, 15) is 18.0 Å². The summed E-state index contributed by atoms with van der Waals surface area (Å²) in [6, 6.07) is 21.7. The lowest BCUT2D eigenvalue weighted by Crippen LogP contribution is -2.45. The molecule has 0 aliphatic carbocycles. The van der Waals surface area contributed by atoms with E-state index in [1.165, 1.54) is 25.9 Å². The number of likely N-dealkylation sites (tertiary alicyclic amines) is 2. The lowest BCUT2D eigenvalue weighted by molar-refractivity contribution is 0.0644. The van der Waals surface area contributed by atoms with Gasteiger partial charge in [0.2, 0.25) is 0 Å². The molecule has 6 rings (SSSR count). The van der Waals surface area contributed by atoms with E-state index in [0.717, 1.165) is 48.2 Å². The van der Waals surface area contributed by atoms with Gasteiger partial charge < -0.3 is 15.1 Å². The van der Waals surface area contributed by atoms with Crippen LogP contribution in [0.1, 0.15) is 57.5 Å². The van der Waals surface area contributed by atoms with Crippen LogP contribution >= 0.6 is 0 Å². The first-order valence-electron chi connectivity index (χ1n) is 15.8. The molecule has 0 spiro atoms. The Morgan fingerprint density at radius 3 is 2.09 bits per heavy atom. The van der Waals surface area contributed by atoms with Crippen LogP contribution in [-0.2, 0) is 16.4 Å². The largest absolute Gasteiger partial charge is 0.339 e. The highest BCUT2D eigenvalue weighted by atomic mass is 32.2. The van der Waals surface area contributed by atoms with Crippen LogP contribution in [0.2, 0.25) is 0 Å². The predicted octanol–water partition coefficient (Wildman–Crippen LogP) is 4.85. The van der Waals surface area contributed by atoms with Crippen molar-refractivity contribution in [1.29, 1.82) is 0 Å². The zero-order valence-corrected chi connectivity index (χ0v) is 26.3. The molecule has 0 aromatic heterocycles. The number of anilines is 1. The van der Waals surface area contributed by atoms with Gasteiger partial charge in [-0.3, -0.25) is 14.5 Å². The minimum atomic E-state index is -2.89. The van der Waals surface area contributed by atoms with Gasteiger partial charge >= 0.3 is 0 Å².